The van der Waals surface area contributed by atoms with Gasteiger partial charge >= 0.3 is 0 Å². The molecule has 1 rings (SSSR count). The van der Waals surface area contributed by atoms with Crippen LogP contribution in [0.15, 0.2) is 18.2 Å². The van der Waals surface area contributed by atoms with Gasteiger partial charge in [0.25, 0.3) is 0 Å². The van der Waals surface area contributed by atoms with E-state index in [2.05, 4.69) is 4.72 Å². The molecule has 0 heterocycles. The van der Waals surface area contributed by atoms with Gasteiger partial charge < -0.3 is 5.73 Å². The Kier molecular flexibility index (Phi) is 3.66. The highest BCUT2D eigenvalue weighted by molar-refractivity contribution is 7.92. The molecule has 96 valence electrons. The molecule has 3 N–H and O–H groups in total. The molecule has 0 bridgehead atoms. The second-order valence-electron chi connectivity index (χ2n) is 5.16. The number of hydrogen-bond donors (Lipinski definition) is 2. The van der Waals surface area contributed by atoms with Crippen molar-refractivity contribution in [3.05, 3.63) is 24.0 Å². The summed E-state index contributed by atoms with van der Waals surface area (Å²) >= 11 is 0. The van der Waals surface area contributed by atoms with Gasteiger partial charge in [0.2, 0.25) is 10.0 Å². The second-order valence-corrected chi connectivity index (χ2v) is 6.88. The summed E-state index contributed by atoms with van der Waals surface area (Å²) in [6.45, 7) is 5.45. The first kappa shape index (κ1) is 13.8. The quantitative estimate of drug-likeness (QED) is 0.818. The zero-order chi connectivity index (χ0) is 13.3. The molecule has 0 saturated carbocycles. The van der Waals surface area contributed by atoms with Crippen LogP contribution < -0.4 is 10.5 Å². The molecule has 1 aromatic carbocycles. The van der Waals surface area contributed by atoms with Crippen LogP contribution in [0.4, 0.5) is 15.8 Å². The summed E-state index contributed by atoms with van der Waals surface area (Å²) in [6, 6.07) is 3.82. The minimum atomic E-state index is -3.48. The normalized spacial score (nSPS) is 12.5. The molecule has 0 aliphatic rings. The maximum Gasteiger partial charge on any atom is 0.233 e. The Morgan fingerprint density at radius 3 is 2.41 bits per heavy atom. The molecule has 4 nitrogen and oxygen atoms in total. The van der Waals surface area contributed by atoms with Crippen molar-refractivity contribution in [2.45, 2.75) is 20.8 Å². The van der Waals surface area contributed by atoms with Gasteiger partial charge in [-0.2, -0.15) is 0 Å². The van der Waals surface area contributed by atoms with Crippen LogP contribution in [0, 0.1) is 11.2 Å². The highest BCUT2D eigenvalue weighted by atomic mass is 32.2. The minimum Gasteiger partial charge on any atom is -0.396 e. The zero-order valence-corrected chi connectivity index (χ0v) is 10.9. The van der Waals surface area contributed by atoms with Crippen molar-refractivity contribution in [1.82, 2.24) is 0 Å². The monoisotopic (exact) mass is 260 g/mol. The van der Waals surface area contributed by atoms with E-state index in [4.69, 9.17) is 5.73 Å². The third-order valence-corrected chi connectivity index (χ3v) is 3.69. The van der Waals surface area contributed by atoms with Gasteiger partial charge in [0.05, 0.1) is 17.1 Å². The lowest BCUT2D eigenvalue weighted by molar-refractivity contribution is 0.463. The molecule has 0 fully saturated rings. The molecular weight excluding hydrogens is 243 g/mol. The molecule has 0 unspecified atom stereocenters. The van der Waals surface area contributed by atoms with E-state index in [1.807, 2.05) is 20.8 Å². The van der Waals surface area contributed by atoms with Crippen molar-refractivity contribution in [1.29, 1.82) is 0 Å². The predicted octanol–water partition coefficient (Wildman–Crippen LogP) is 2.20. The molecular formula is C11H17FN2O2S. The number of nitrogens with one attached hydrogen (secondary N) is 1. The molecule has 0 atom stereocenters. The lowest BCUT2D eigenvalue weighted by atomic mass is 10.0. The molecule has 1 aromatic rings. The van der Waals surface area contributed by atoms with Crippen molar-refractivity contribution in [2.75, 3.05) is 16.2 Å². The number of hydrogen-bond acceptors (Lipinski definition) is 3. The summed E-state index contributed by atoms with van der Waals surface area (Å²) in [5.74, 6) is -0.674. The molecule has 0 aliphatic carbocycles. The van der Waals surface area contributed by atoms with E-state index in [1.165, 1.54) is 12.1 Å². The van der Waals surface area contributed by atoms with Gasteiger partial charge in [0, 0.05) is 6.07 Å². The smallest absolute Gasteiger partial charge is 0.233 e. The van der Waals surface area contributed by atoms with Crippen molar-refractivity contribution in [3.8, 4) is 0 Å². The van der Waals surface area contributed by atoms with E-state index >= 15 is 0 Å². The van der Waals surface area contributed by atoms with Gasteiger partial charge in [-0.25, -0.2) is 12.8 Å². The van der Waals surface area contributed by atoms with Crippen molar-refractivity contribution in [2.24, 2.45) is 5.41 Å². The highest BCUT2D eigenvalue weighted by Crippen LogP contribution is 2.20. The third kappa shape index (κ3) is 4.60. The summed E-state index contributed by atoms with van der Waals surface area (Å²) in [5.41, 5.74) is 5.11. The Morgan fingerprint density at radius 1 is 1.35 bits per heavy atom. The van der Waals surface area contributed by atoms with Crippen molar-refractivity contribution in [3.63, 3.8) is 0 Å². The number of halogens is 1. The van der Waals surface area contributed by atoms with Gasteiger partial charge in [0.1, 0.15) is 5.82 Å². The standard InChI is InChI=1S/C11H17FN2O2S/c1-11(2,3)7-17(15,16)14-8-4-5-10(13)9(12)6-8/h4-6,14H,7,13H2,1-3H3. The molecule has 0 spiro atoms. The van der Waals surface area contributed by atoms with Crippen LogP contribution in [0.25, 0.3) is 0 Å². The first-order valence-electron chi connectivity index (χ1n) is 5.15. The van der Waals surface area contributed by atoms with Crippen LogP contribution in [0.5, 0.6) is 0 Å². The van der Waals surface area contributed by atoms with Gasteiger partial charge in [0.15, 0.2) is 0 Å². The Labute approximate surface area is 101 Å². The van der Waals surface area contributed by atoms with E-state index in [9.17, 15) is 12.8 Å². The Morgan fingerprint density at radius 2 is 1.94 bits per heavy atom. The fraction of sp³-hybridized carbons (Fsp3) is 0.455. The maximum absolute atomic E-state index is 13.1. The number of benzene rings is 1. The summed E-state index contributed by atoms with van der Waals surface area (Å²) in [6.07, 6.45) is 0. The maximum atomic E-state index is 13.1. The van der Waals surface area contributed by atoms with E-state index in [-0.39, 0.29) is 22.5 Å². The Bertz CT molecular complexity index is 507. The van der Waals surface area contributed by atoms with Crippen LogP contribution in [-0.2, 0) is 10.0 Å². The summed E-state index contributed by atoms with van der Waals surface area (Å²) in [5, 5.41) is 0. The van der Waals surface area contributed by atoms with Crippen molar-refractivity contribution >= 4 is 21.4 Å². The minimum absolute atomic E-state index is 0.0104. The van der Waals surface area contributed by atoms with E-state index in [1.54, 1.807) is 0 Å². The lowest BCUT2D eigenvalue weighted by Gasteiger charge is -2.18. The summed E-state index contributed by atoms with van der Waals surface area (Å²) in [4.78, 5) is 0. The van der Waals surface area contributed by atoms with Crippen LogP contribution in [0.3, 0.4) is 0 Å². The zero-order valence-electron chi connectivity index (χ0n) is 10.1. The number of rotatable bonds is 3. The summed E-state index contributed by atoms with van der Waals surface area (Å²) in [7, 11) is -3.48. The molecule has 0 radical (unpaired) electrons. The number of nitrogens with two attached hydrogens (primary N) is 1. The van der Waals surface area contributed by atoms with Gasteiger partial charge in [-0.05, 0) is 17.5 Å². The van der Waals surface area contributed by atoms with E-state index in [0.717, 1.165) is 6.07 Å². The first-order valence-corrected chi connectivity index (χ1v) is 6.80. The molecule has 0 amide bonds. The van der Waals surface area contributed by atoms with Crippen LogP contribution in [0.2, 0.25) is 0 Å². The van der Waals surface area contributed by atoms with Crippen LogP contribution >= 0.6 is 0 Å². The average molecular weight is 260 g/mol. The first-order chi connectivity index (χ1) is 7.59. The van der Waals surface area contributed by atoms with Gasteiger partial charge in [-0.15, -0.1) is 0 Å². The Hall–Kier alpha value is -1.30. The molecule has 17 heavy (non-hydrogen) atoms. The average Bonchev–Trinajstić information content (AvgIpc) is 2.06. The molecule has 0 aliphatic heterocycles. The number of nitrogen functional groups attached to an aromatic ring is 1. The van der Waals surface area contributed by atoms with Crippen LogP contribution in [0.1, 0.15) is 20.8 Å². The fourth-order valence-electron chi connectivity index (χ4n) is 1.38. The lowest BCUT2D eigenvalue weighted by Crippen LogP contribution is -2.26. The topological polar surface area (TPSA) is 72.2 Å². The number of anilines is 2. The number of sulfonamides is 1. The third-order valence-electron chi connectivity index (χ3n) is 1.90. The molecule has 0 saturated heterocycles. The van der Waals surface area contributed by atoms with E-state index < -0.39 is 15.8 Å². The van der Waals surface area contributed by atoms with Gasteiger partial charge in [-0.3, -0.25) is 4.72 Å². The highest BCUT2D eigenvalue weighted by Gasteiger charge is 2.21. The van der Waals surface area contributed by atoms with Crippen LogP contribution in [-0.4, -0.2) is 14.2 Å². The summed E-state index contributed by atoms with van der Waals surface area (Å²) < 4.78 is 38.9. The SMILES string of the molecule is CC(C)(C)CS(=O)(=O)Nc1ccc(N)c(F)c1. The Balaban J connectivity index is 2.87. The fourth-order valence-corrected chi connectivity index (χ4v) is 3.07. The van der Waals surface area contributed by atoms with Gasteiger partial charge in [-0.1, -0.05) is 20.8 Å². The van der Waals surface area contributed by atoms with E-state index in [0.29, 0.717) is 0 Å². The predicted molar refractivity (Wildman–Crippen MR) is 67.7 cm³/mol. The molecule has 0 aromatic heterocycles. The molecule has 6 heteroatoms. The largest absolute Gasteiger partial charge is 0.396 e. The second kappa shape index (κ2) is 4.52. The van der Waals surface area contributed by atoms with Crippen molar-refractivity contribution < 1.29 is 12.8 Å².